The van der Waals surface area contributed by atoms with Gasteiger partial charge in [0.1, 0.15) is 11.9 Å². The summed E-state index contributed by atoms with van der Waals surface area (Å²) in [4.78, 5) is 29.5. The second-order valence-electron chi connectivity index (χ2n) is 4.50. The molecule has 6 nitrogen and oxygen atoms in total. The van der Waals surface area contributed by atoms with E-state index in [4.69, 9.17) is 4.74 Å². The summed E-state index contributed by atoms with van der Waals surface area (Å²) in [5.41, 5.74) is 0. The molecule has 0 bridgehead atoms. The number of hydrogen-bond donors (Lipinski definition) is 1. The standard InChI is InChI=1S/C14H20BrN3O3/c1-4-11(14(20)21-5-2)18(3)9-13(19)17-12-7-6-10(15)8-16-12/h6-8,11H,4-5,9H2,1-3H3,(H,16,17,19). The van der Waals surface area contributed by atoms with Crippen LogP contribution in [-0.4, -0.2) is 48.0 Å². The number of esters is 1. The molecule has 0 fully saturated rings. The van der Waals surface area contributed by atoms with Crippen LogP contribution in [0.4, 0.5) is 5.82 Å². The number of ether oxygens (including phenoxy) is 1. The topological polar surface area (TPSA) is 71.5 Å². The monoisotopic (exact) mass is 357 g/mol. The van der Waals surface area contributed by atoms with Gasteiger partial charge in [-0.2, -0.15) is 0 Å². The second kappa shape index (κ2) is 8.74. The second-order valence-corrected chi connectivity index (χ2v) is 5.42. The van der Waals surface area contributed by atoms with Gasteiger partial charge in [-0.25, -0.2) is 4.98 Å². The van der Waals surface area contributed by atoms with E-state index in [0.29, 0.717) is 18.8 Å². The Morgan fingerprint density at radius 1 is 1.43 bits per heavy atom. The van der Waals surface area contributed by atoms with Crippen LogP contribution >= 0.6 is 15.9 Å². The molecule has 7 heteroatoms. The molecule has 0 aliphatic heterocycles. The highest BCUT2D eigenvalue weighted by Crippen LogP contribution is 2.11. The summed E-state index contributed by atoms with van der Waals surface area (Å²) in [7, 11) is 1.72. The predicted octanol–water partition coefficient (Wildman–Crippen LogP) is 2.06. The Kier molecular flexibility index (Phi) is 7.31. The number of rotatable bonds is 7. The number of halogens is 1. The molecule has 0 aliphatic rings. The van der Waals surface area contributed by atoms with Crippen LogP contribution in [0.25, 0.3) is 0 Å². The lowest BCUT2D eigenvalue weighted by Gasteiger charge is -2.24. The highest BCUT2D eigenvalue weighted by molar-refractivity contribution is 9.10. The number of amides is 1. The molecule has 1 N–H and O–H groups in total. The molecular formula is C14H20BrN3O3. The Balaban J connectivity index is 2.56. The molecule has 0 aliphatic carbocycles. The van der Waals surface area contributed by atoms with Crippen molar-refractivity contribution >= 4 is 33.6 Å². The van der Waals surface area contributed by atoms with Crippen LogP contribution in [0.1, 0.15) is 20.3 Å². The molecule has 1 aromatic heterocycles. The van der Waals surface area contributed by atoms with Gasteiger partial charge in [-0.1, -0.05) is 6.92 Å². The zero-order valence-corrected chi connectivity index (χ0v) is 14.0. The van der Waals surface area contributed by atoms with Gasteiger partial charge in [0.25, 0.3) is 0 Å². The summed E-state index contributed by atoms with van der Waals surface area (Å²) in [5.74, 6) is -0.0621. The summed E-state index contributed by atoms with van der Waals surface area (Å²) in [6.45, 7) is 4.07. The molecule has 1 amide bonds. The van der Waals surface area contributed by atoms with Gasteiger partial charge in [0.15, 0.2) is 0 Å². The third-order valence-electron chi connectivity index (χ3n) is 2.87. The number of nitrogens with one attached hydrogen (secondary N) is 1. The highest BCUT2D eigenvalue weighted by atomic mass is 79.9. The average molecular weight is 358 g/mol. The molecule has 1 heterocycles. The van der Waals surface area contributed by atoms with E-state index < -0.39 is 6.04 Å². The summed E-state index contributed by atoms with van der Waals surface area (Å²) >= 11 is 3.28. The van der Waals surface area contributed by atoms with Crippen LogP contribution in [0.3, 0.4) is 0 Å². The van der Waals surface area contributed by atoms with Crippen LogP contribution in [0.15, 0.2) is 22.8 Å². The molecule has 1 atom stereocenters. The summed E-state index contributed by atoms with van der Waals surface area (Å²) in [5, 5.41) is 2.69. The van der Waals surface area contributed by atoms with Crippen LogP contribution in [0.2, 0.25) is 0 Å². The molecule has 1 unspecified atom stereocenters. The van der Waals surface area contributed by atoms with Gasteiger partial charge < -0.3 is 10.1 Å². The van der Waals surface area contributed by atoms with E-state index >= 15 is 0 Å². The number of carbonyl (C=O) groups is 2. The third kappa shape index (κ3) is 5.81. The van der Waals surface area contributed by atoms with Crippen molar-refractivity contribution in [2.24, 2.45) is 0 Å². The molecule has 21 heavy (non-hydrogen) atoms. The molecule has 0 saturated heterocycles. The fourth-order valence-electron chi connectivity index (χ4n) is 1.87. The molecule has 116 valence electrons. The van der Waals surface area contributed by atoms with E-state index in [-0.39, 0.29) is 18.4 Å². The minimum absolute atomic E-state index is 0.0923. The lowest BCUT2D eigenvalue weighted by molar-refractivity contribution is -0.149. The lowest BCUT2D eigenvalue weighted by atomic mass is 10.2. The maximum atomic E-state index is 12.0. The molecule has 0 radical (unpaired) electrons. The number of pyridine rings is 1. The van der Waals surface area contributed by atoms with E-state index in [1.54, 1.807) is 37.2 Å². The quantitative estimate of drug-likeness (QED) is 0.756. The average Bonchev–Trinajstić information content (AvgIpc) is 2.42. The fourth-order valence-corrected chi connectivity index (χ4v) is 2.10. The minimum Gasteiger partial charge on any atom is -0.465 e. The molecule has 0 spiro atoms. The van der Waals surface area contributed by atoms with Crippen molar-refractivity contribution in [3.05, 3.63) is 22.8 Å². The van der Waals surface area contributed by atoms with Crippen molar-refractivity contribution in [3.63, 3.8) is 0 Å². The van der Waals surface area contributed by atoms with E-state index in [0.717, 1.165) is 4.47 Å². The Hall–Kier alpha value is -1.47. The van der Waals surface area contributed by atoms with Crippen molar-refractivity contribution < 1.29 is 14.3 Å². The van der Waals surface area contributed by atoms with Crippen molar-refractivity contribution in [2.45, 2.75) is 26.3 Å². The number of likely N-dealkylation sites (N-methyl/N-ethyl adjacent to an activating group) is 1. The summed E-state index contributed by atoms with van der Waals surface area (Å²) < 4.78 is 5.84. The maximum absolute atomic E-state index is 12.0. The molecule has 1 rings (SSSR count). The first-order valence-corrected chi connectivity index (χ1v) is 7.55. The van der Waals surface area contributed by atoms with E-state index in [1.165, 1.54) is 0 Å². The van der Waals surface area contributed by atoms with Crippen LogP contribution < -0.4 is 5.32 Å². The molecule has 0 aromatic carbocycles. The zero-order chi connectivity index (χ0) is 15.8. The van der Waals surface area contributed by atoms with Gasteiger partial charge in [-0.3, -0.25) is 14.5 Å². The SMILES string of the molecule is CCOC(=O)C(CC)N(C)CC(=O)Nc1ccc(Br)cn1. The maximum Gasteiger partial charge on any atom is 0.323 e. The minimum atomic E-state index is -0.423. The Morgan fingerprint density at radius 2 is 2.14 bits per heavy atom. The third-order valence-corrected chi connectivity index (χ3v) is 3.33. The van der Waals surface area contributed by atoms with Gasteiger partial charge in [-0.15, -0.1) is 0 Å². The number of anilines is 1. The fraction of sp³-hybridized carbons (Fsp3) is 0.500. The van der Waals surface area contributed by atoms with Crippen molar-refractivity contribution in [2.75, 3.05) is 25.5 Å². The Morgan fingerprint density at radius 3 is 2.67 bits per heavy atom. The van der Waals surface area contributed by atoms with Crippen LogP contribution in [-0.2, 0) is 14.3 Å². The van der Waals surface area contributed by atoms with Gasteiger partial charge in [0.05, 0.1) is 13.2 Å². The molecule has 0 saturated carbocycles. The first-order valence-electron chi connectivity index (χ1n) is 6.76. The van der Waals surface area contributed by atoms with Crippen LogP contribution in [0, 0.1) is 0 Å². The van der Waals surface area contributed by atoms with Crippen molar-refractivity contribution in [1.29, 1.82) is 0 Å². The normalized spacial score (nSPS) is 12.0. The Bertz CT molecular complexity index is 479. The number of nitrogens with zero attached hydrogens (tertiary/aromatic N) is 2. The lowest BCUT2D eigenvalue weighted by Crippen LogP contribution is -2.43. The van der Waals surface area contributed by atoms with E-state index in [9.17, 15) is 9.59 Å². The summed E-state index contributed by atoms with van der Waals surface area (Å²) in [6.07, 6.45) is 2.19. The largest absolute Gasteiger partial charge is 0.465 e. The summed E-state index contributed by atoms with van der Waals surface area (Å²) in [6, 6.07) is 3.07. The van der Waals surface area contributed by atoms with E-state index in [1.807, 2.05) is 6.92 Å². The first kappa shape index (κ1) is 17.6. The number of carbonyl (C=O) groups excluding carboxylic acids is 2. The van der Waals surface area contributed by atoms with Gasteiger partial charge in [-0.05, 0) is 48.5 Å². The van der Waals surface area contributed by atoms with Crippen molar-refractivity contribution in [1.82, 2.24) is 9.88 Å². The van der Waals surface area contributed by atoms with Crippen LogP contribution in [0.5, 0.6) is 0 Å². The predicted molar refractivity (Wildman–Crippen MR) is 83.9 cm³/mol. The smallest absolute Gasteiger partial charge is 0.323 e. The van der Waals surface area contributed by atoms with E-state index in [2.05, 4.69) is 26.2 Å². The van der Waals surface area contributed by atoms with Crippen molar-refractivity contribution in [3.8, 4) is 0 Å². The highest BCUT2D eigenvalue weighted by Gasteiger charge is 2.24. The van der Waals surface area contributed by atoms with Gasteiger partial charge >= 0.3 is 5.97 Å². The number of aromatic nitrogens is 1. The Labute approximate surface area is 133 Å². The number of hydrogen-bond acceptors (Lipinski definition) is 5. The van der Waals surface area contributed by atoms with Gasteiger partial charge in [0.2, 0.25) is 5.91 Å². The zero-order valence-electron chi connectivity index (χ0n) is 12.4. The molecule has 1 aromatic rings. The van der Waals surface area contributed by atoms with Gasteiger partial charge in [0, 0.05) is 10.7 Å². The molecular weight excluding hydrogens is 338 g/mol. The first-order chi connectivity index (χ1) is 9.97.